The summed E-state index contributed by atoms with van der Waals surface area (Å²) in [6, 6.07) is 45.0. The number of aryl methyl sites for hydroxylation is 5. The minimum absolute atomic E-state index is 1.29. The maximum atomic E-state index is 2.53. The molecule has 0 atom stereocenters. The van der Waals surface area contributed by atoms with Crippen molar-refractivity contribution in [3.05, 3.63) is 149 Å². The first-order valence-corrected chi connectivity index (χ1v) is 19.6. The van der Waals surface area contributed by atoms with Crippen molar-refractivity contribution in [2.75, 3.05) is 0 Å². The number of hydrogen-bond acceptors (Lipinski definition) is 0. The second-order valence-electron chi connectivity index (χ2n) is 13.6. The van der Waals surface area contributed by atoms with Crippen LogP contribution in [-0.2, 0) is 0 Å². The lowest BCUT2D eigenvalue weighted by Gasteiger charge is -2.35. The summed E-state index contributed by atoms with van der Waals surface area (Å²) in [6.45, 7) is 19.0. The fourth-order valence-electron chi connectivity index (χ4n) is 7.11. The number of benzene rings is 6. The molecular weight excluding hydrogens is 557 g/mol. The summed E-state index contributed by atoms with van der Waals surface area (Å²) in [4.78, 5) is 0. The van der Waals surface area contributed by atoms with Gasteiger partial charge in [-0.05, 0) is 123 Å². The Labute approximate surface area is 271 Å². The zero-order chi connectivity index (χ0) is 31.9. The first-order chi connectivity index (χ1) is 21.6. The number of rotatable bonds is 6. The lowest BCUT2D eigenvalue weighted by Crippen LogP contribution is -2.41. The molecule has 0 radical (unpaired) electrons. The standard InChI is InChI=1S/C44H44Si/c1-29-19-9-14-24-34(29)39-40(35-25-15-10-20-30(35)2)42(37-27-17-12-22-32(37)4)44(45(6,7)8)43(38-28-18-13-23-33(38)5)41(39)36-26-16-11-21-31(36)3/h9-28H,1-8H3. The van der Waals surface area contributed by atoms with Crippen LogP contribution in [0.1, 0.15) is 27.8 Å². The fourth-order valence-corrected chi connectivity index (χ4v) is 9.13. The molecule has 0 aliphatic heterocycles. The predicted octanol–water partition coefficient (Wildman–Crippen LogP) is 12.1. The Kier molecular flexibility index (Phi) is 8.25. The molecule has 0 aliphatic rings. The summed E-state index contributed by atoms with van der Waals surface area (Å²) >= 11 is 0. The van der Waals surface area contributed by atoms with Gasteiger partial charge >= 0.3 is 0 Å². The van der Waals surface area contributed by atoms with Gasteiger partial charge in [0.15, 0.2) is 0 Å². The highest BCUT2D eigenvalue weighted by atomic mass is 28.3. The Morgan fingerprint density at radius 2 is 0.489 bits per heavy atom. The van der Waals surface area contributed by atoms with Crippen molar-refractivity contribution in [1.29, 1.82) is 0 Å². The highest BCUT2D eigenvalue weighted by Crippen LogP contribution is 2.52. The van der Waals surface area contributed by atoms with Crippen molar-refractivity contribution in [2.24, 2.45) is 0 Å². The monoisotopic (exact) mass is 600 g/mol. The van der Waals surface area contributed by atoms with Gasteiger partial charge in [0.1, 0.15) is 0 Å². The Morgan fingerprint density at radius 1 is 0.289 bits per heavy atom. The Hall–Kier alpha value is -4.46. The van der Waals surface area contributed by atoms with E-state index in [-0.39, 0.29) is 0 Å². The molecule has 6 aromatic rings. The van der Waals surface area contributed by atoms with E-state index < -0.39 is 8.07 Å². The van der Waals surface area contributed by atoms with Gasteiger partial charge in [-0.1, -0.05) is 141 Å². The van der Waals surface area contributed by atoms with Crippen molar-refractivity contribution < 1.29 is 0 Å². The van der Waals surface area contributed by atoms with Crippen molar-refractivity contribution in [2.45, 2.75) is 54.3 Å². The fraction of sp³-hybridized carbons (Fsp3) is 0.182. The minimum Gasteiger partial charge on any atom is -0.0656 e. The summed E-state index contributed by atoms with van der Waals surface area (Å²) < 4.78 is 0. The SMILES string of the molecule is Cc1ccccc1-c1c(-c2ccccc2C)c(-c2ccccc2C)c([Si](C)(C)C)c(-c2ccccc2C)c1-c1ccccc1C. The summed E-state index contributed by atoms with van der Waals surface area (Å²) in [5, 5.41) is 1.53. The van der Waals surface area contributed by atoms with Crippen LogP contribution in [0.15, 0.2) is 121 Å². The van der Waals surface area contributed by atoms with E-state index in [0.29, 0.717) is 0 Å². The van der Waals surface area contributed by atoms with Crippen molar-refractivity contribution in [1.82, 2.24) is 0 Å². The Balaban J connectivity index is 2.06. The largest absolute Gasteiger partial charge is 0.0792 e. The molecule has 0 amide bonds. The molecule has 0 spiro atoms. The number of hydrogen-bond donors (Lipinski definition) is 0. The third-order valence-corrected chi connectivity index (χ3v) is 11.3. The predicted molar refractivity (Wildman–Crippen MR) is 200 cm³/mol. The van der Waals surface area contributed by atoms with Crippen LogP contribution < -0.4 is 5.19 Å². The van der Waals surface area contributed by atoms with Crippen molar-refractivity contribution in [3.8, 4) is 55.6 Å². The van der Waals surface area contributed by atoms with Crippen LogP contribution in [0.2, 0.25) is 19.6 Å². The van der Waals surface area contributed by atoms with Crippen molar-refractivity contribution in [3.63, 3.8) is 0 Å². The average Bonchev–Trinajstić information content (AvgIpc) is 3.01. The third-order valence-electron chi connectivity index (χ3n) is 9.32. The zero-order valence-electron chi connectivity index (χ0n) is 28.0. The van der Waals surface area contributed by atoms with Crippen LogP contribution in [0.25, 0.3) is 55.6 Å². The Bertz CT molecular complexity index is 1920. The Morgan fingerprint density at radius 3 is 0.711 bits per heavy atom. The summed E-state index contributed by atoms with van der Waals surface area (Å²) in [5.74, 6) is 0. The zero-order valence-corrected chi connectivity index (χ0v) is 29.0. The molecule has 1 heteroatoms. The molecule has 0 heterocycles. The summed E-state index contributed by atoms with van der Waals surface area (Å²) in [6.07, 6.45) is 0. The van der Waals surface area contributed by atoms with E-state index in [2.05, 4.69) is 176 Å². The van der Waals surface area contributed by atoms with Crippen LogP contribution in [0.4, 0.5) is 0 Å². The maximum Gasteiger partial charge on any atom is 0.0792 e. The van der Waals surface area contributed by atoms with Crippen LogP contribution in [0.5, 0.6) is 0 Å². The second-order valence-corrected chi connectivity index (χ2v) is 18.6. The molecule has 6 aromatic carbocycles. The van der Waals surface area contributed by atoms with E-state index in [1.807, 2.05) is 0 Å². The molecule has 45 heavy (non-hydrogen) atoms. The van der Waals surface area contributed by atoms with Crippen LogP contribution in [-0.4, -0.2) is 8.07 Å². The lowest BCUT2D eigenvalue weighted by molar-refractivity contribution is 1.40. The van der Waals surface area contributed by atoms with Crippen LogP contribution in [0, 0.1) is 34.6 Å². The smallest absolute Gasteiger partial charge is 0.0656 e. The minimum atomic E-state index is -2.03. The van der Waals surface area contributed by atoms with E-state index in [9.17, 15) is 0 Å². The maximum absolute atomic E-state index is 2.53. The molecule has 0 nitrogen and oxygen atoms in total. The summed E-state index contributed by atoms with van der Waals surface area (Å²) in [5.41, 5.74) is 19.9. The summed E-state index contributed by atoms with van der Waals surface area (Å²) in [7, 11) is -2.03. The van der Waals surface area contributed by atoms with E-state index in [1.54, 1.807) is 0 Å². The first kappa shape index (κ1) is 30.6. The molecule has 0 aliphatic carbocycles. The second kappa shape index (κ2) is 12.1. The highest BCUT2D eigenvalue weighted by molar-refractivity contribution is 6.91. The molecule has 0 bridgehead atoms. The lowest BCUT2D eigenvalue weighted by atomic mass is 9.76. The normalized spacial score (nSPS) is 11.6. The van der Waals surface area contributed by atoms with Gasteiger partial charge in [0.25, 0.3) is 0 Å². The molecule has 0 saturated heterocycles. The first-order valence-electron chi connectivity index (χ1n) is 16.1. The molecule has 0 unspecified atom stereocenters. The molecule has 0 saturated carbocycles. The van der Waals surface area contributed by atoms with Gasteiger partial charge in [-0.3, -0.25) is 0 Å². The van der Waals surface area contributed by atoms with Gasteiger partial charge in [-0.15, -0.1) is 0 Å². The topological polar surface area (TPSA) is 0 Å². The van der Waals surface area contributed by atoms with Gasteiger partial charge in [0.05, 0.1) is 8.07 Å². The van der Waals surface area contributed by atoms with Gasteiger partial charge in [-0.25, -0.2) is 0 Å². The third kappa shape index (κ3) is 5.51. The van der Waals surface area contributed by atoms with E-state index in [4.69, 9.17) is 0 Å². The van der Waals surface area contributed by atoms with E-state index in [1.165, 1.54) is 88.6 Å². The molecule has 0 fully saturated rings. The van der Waals surface area contributed by atoms with E-state index in [0.717, 1.165) is 0 Å². The van der Waals surface area contributed by atoms with Gasteiger partial charge in [0.2, 0.25) is 0 Å². The van der Waals surface area contributed by atoms with Gasteiger partial charge < -0.3 is 0 Å². The molecule has 0 aromatic heterocycles. The van der Waals surface area contributed by atoms with Crippen molar-refractivity contribution >= 4 is 13.3 Å². The van der Waals surface area contributed by atoms with Crippen LogP contribution >= 0.6 is 0 Å². The van der Waals surface area contributed by atoms with Gasteiger partial charge in [0, 0.05) is 0 Å². The molecule has 224 valence electrons. The molecule has 6 rings (SSSR count). The molecule has 0 N–H and O–H groups in total. The van der Waals surface area contributed by atoms with E-state index >= 15 is 0 Å². The average molecular weight is 601 g/mol. The quantitative estimate of drug-likeness (QED) is 0.167. The van der Waals surface area contributed by atoms with Crippen LogP contribution in [0.3, 0.4) is 0 Å². The molecular formula is C44H44Si. The highest BCUT2D eigenvalue weighted by Gasteiger charge is 2.35. The van der Waals surface area contributed by atoms with Gasteiger partial charge in [-0.2, -0.15) is 0 Å².